The third-order valence-electron chi connectivity index (χ3n) is 6.80. The van der Waals surface area contributed by atoms with Gasteiger partial charge >= 0.3 is 0 Å². The number of rotatable bonds is 8. The summed E-state index contributed by atoms with van der Waals surface area (Å²) in [6.45, 7) is 0. The standard InChI is InChI=1S/2C20H16N2O/c2*23-20(18-14-8-3-9-15-18)22-21-19(16-10-4-1-5-11-16)17-12-6-2-7-13-17/h2*1-15H,(H,22,23). The number of hydrogen-bond acceptors (Lipinski definition) is 4. The van der Waals surface area contributed by atoms with Crippen LogP contribution in [0.4, 0.5) is 0 Å². The van der Waals surface area contributed by atoms with E-state index >= 15 is 0 Å². The molecule has 6 rings (SSSR count). The van der Waals surface area contributed by atoms with E-state index < -0.39 is 0 Å². The molecule has 2 amide bonds. The van der Waals surface area contributed by atoms with Crippen LogP contribution < -0.4 is 10.9 Å². The van der Waals surface area contributed by atoms with Crippen molar-refractivity contribution in [3.05, 3.63) is 215 Å². The van der Waals surface area contributed by atoms with Crippen LogP contribution >= 0.6 is 0 Å². The van der Waals surface area contributed by atoms with Crippen molar-refractivity contribution in [1.82, 2.24) is 10.9 Å². The maximum absolute atomic E-state index is 12.2. The third-order valence-corrected chi connectivity index (χ3v) is 6.80. The Morgan fingerprint density at radius 3 is 0.717 bits per heavy atom. The van der Waals surface area contributed by atoms with Crippen LogP contribution in [0.3, 0.4) is 0 Å². The molecule has 6 nitrogen and oxygen atoms in total. The molecule has 0 aromatic heterocycles. The van der Waals surface area contributed by atoms with Crippen LogP contribution in [0.1, 0.15) is 43.0 Å². The quantitative estimate of drug-likeness (QED) is 0.138. The van der Waals surface area contributed by atoms with Gasteiger partial charge in [0.1, 0.15) is 0 Å². The zero-order valence-electron chi connectivity index (χ0n) is 25.0. The summed E-state index contributed by atoms with van der Waals surface area (Å²) in [5.41, 5.74) is 11.7. The summed E-state index contributed by atoms with van der Waals surface area (Å²) in [5, 5.41) is 8.72. The molecule has 224 valence electrons. The second-order valence-electron chi connectivity index (χ2n) is 10.00. The molecule has 6 heteroatoms. The van der Waals surface area contributed by atoms with E-state index in [0.29, 0.717) is 11.1 Å². The lowest BCUT2D eigenvalue weighted by molar-refractivity contribution is 0.0947. The Hall–Kier alpha value is -6.40. The zero-order chi connectivity index (χ0) is 31.8. The van der Waals surface area contributed by atoms with Crippen LogP contribution in [0.25, 0.3) is 0 Å². The van der Waals surface area contributed by atoms with Gasteiger partial charge in [0.25, 0.3) is 11.8 Å². The van der Waals surface area contributed by atoms with Crippen LogP contribution in [0.2, 0.25) is 0 Å². The Morgan fingerprint density at radius 1 is 0.304 bits per heavy atom. The lowest BCUT2D eigenvalue weighted by Crippen LogP contribution is -2.20. The van der Waals surface area contributed by atoms with Crippen molar-refractivity contribution in [2.75, 3.05) is 0 Å². The number of hydrogen-bond donors (Lipinski definition) is 2. The molecule has 6 aromatic rings. The van der Waals surface area contributed by atoms with Crippen molar-refractivity contribution in [3.63, 3.8) is 0 Å². The van der Waals surface area contributed by atoms with Gasteiger partial charge in [-0.25, -0.2) is 10.9 Å². The fraction of sp³-hybridized carbons (Fsp3) is 0. The molecule has 0 aliphatic heterocycles. The zero-order valence-corrected chi connectivity index (χ0v) is 25.0. The van der Waals surface area contributed by atoms with Gasteiger partial charge in [-0.05, 0) is 24.3 Å². The van der Waals surface area contributed by atoms with E-state index in [2.05, 4.69) is 21.1 Å². The molecule has 0 unspecified atom stereocenters. The summed E-state index contributed by atoms with van der Waals surface area (Å²) in [5.74, 6) is -0.454. The molecular weight excluding hydrogens is 568 g/mol. The average Bonchev–Trinajstić information content (AvgIpc) is 3.14. The van der Waals surface area contributed by atoms with Gasteiger partial charge in [-0.3, -0.25) is 9.59 Å². The first kappa shape index (κ1) is 31.0. The van der Waals surface area contributed by atoms with E-state index in [9.17, 15) is 9.59 Å². The summed E-state index contributed by atoms with van der Waals surface area (Å²) in [6.07, 6.45) is 0. The predicted octanol–water partition coefficient (Wildman–Crippen LogP) is 7.74. The molecule has 0 aliphatic carbocycles. The number of nitrogens with zero attached hydrogens (tertiary/aromatic N) is 2. The predicted molar refractivity (Wildman–Crippen MR) is 185 cm³/mol. The molecule has 2 N–H and O–H groups in total. The van der Waals surface area contributed by atoms with Crippen molar-refractivity contribution in [3.8, 4) is 0 Å². The van der Waals surface area contributed by atoms with Crippen molar-refractivity contribution >= 4 is 23.2 Å². The van der Waals surface area contributed by atoms with Crippen LogP contribution in [0, 0.1) is 0 Å². The van der Waals surface area contributed by atoms with Crippen molar-refractivity contribution in [1.29, 1.82) is 0 Å². The molecular formula is C40H32N4O2. The Balaban J connectivity index is 0.000000181. The summed E-state index contributed by atoms with van der Waals surface area (Å²) in [6, 6.07) is 57.3. The number of nitrogens with one attached hydrogen (secondary N) is 2. The maximum atomic E-state index is 12.2. The Kier molecular flexibility index (Phi) is 11.1. The van der Waals surface area contributed by atoms with Crippen LogP contribution in [-0.2, 0) is 0 Å². The highest BCUT2D eigenvalue weighted by Crippen LogP contribution is 2.12. The highest BCUT2D eigenvalue weighted by molar-refractivity contribution is 6.14. The number of amides is 2. The molecule has 0 heterocycles. The van der Waals surface area contributed by atoms with E-state index in [-0.39, 0.29) is 11.8 Å². The minimum atomic E-state index is -0.227. The summed E-state index contributed by atoms with van der Waals surface area (Å²) in [7, 11) is 0. The minimum Gasteiger partial charge on any atom is -0.267 e. The summed E-state index contributed by atoms with van der Waals surface area (Å²) >= 11 is 0. The first-order chi connectivity index (χ1) is 22.7. The monoisotopic (exact) mass is 600 g/mol. The first-order valence-electron chi connectivity index (χ1n) is 14.8. The fourth-order valence-corrected chi connectivity index (χ4v) is 4.50. The fourth-order valence-electron chi connectivity index (χ4n) is 4.50. The molecule has 0 atom stereocenters. The van der Waals surface area contributed by atoms with Gasteiger partial charge in [-0.2, -0.15) is 10.2 Å². The van der Waals surface area contributed by atoms with Gasteiger partial charge in [0.2, 0.25) is 0 Å². The van der Waals surface area contributed by atoms with E-state index in [1.165, 1.54) is 0 Å². The second-order valence-corrected chi connectivity index (χ2v) is 10.00. The molecule has 6 aromatic carbocycles. The Bertz CT molecular complexity index is 1650. The SMILES string of the molecule is O=C(NN=C(c1ccccc1)c1ccccc1)c1ccccc1.O=C(NN=C(c1ccccc1)c1ccccc1)c1ccccc1. The van der Waals surface area contributed by atoms with Gasteiger partial charge in [0.15, 0.2) is 0 Å². The number of carbonyl (C=O) groups is 2. The lowest BCUT2D eigenvalue weighted by Gasteiger charge is -2.08. The largest absolute Gasteiger partial charge is 0.271 e. The molecule has 0 fully saturated rings. The van der Waals surface area contributed by atoms with Gasteiger partial charge < -0.3 is 0 Å². The van der Waals surface area contributed by atoms with Crippen LogP contribution in [-0.4, -0.2) is 23.2 Å². The number of benzene rings is 6. The molecule has 0 spiro atoms. The van der Waals surface area contributed by atoms with Gasteiger partial charge in [0, 0.05) is 33.4 Å². The van der Waals surface area contributed by atoms with E-state index in [1.54, 1.807) is 24.3 Å². The van der Waals surface area contributed by atoms with E-state index in [4.69, 9.17) is 0 Å². The molecule has 0 bridgehead atoms. The molecule has 46 heavy (non-hydrogen) atoms. The average molecular weight is 601 g/mol. The lowest BCUT2D eigenvalue weighted by atomic mass is 10.0. The van der Waals surface area contributed by atoms with Crippen molar-refractivity contribution in [2.45, 2.75) is 0 Å². The molecule has 0 radical (unpaired) electrons. The summed E-state index contributed by atoms with van der Waals surface area (Å²) < 4.78 is 0. The van der Waals surface area contributed by atoms with Gasteiger partial charge in [-0.1, -0.05) is 158 Å². The maximum Gasteiger partial charge on any atom is 0.271 e. The first-order valence-corrected chi connectivity index (χ1v) is 14.8. The highest BCUT2D eigenvalue weighted by atomic mass is 16.2. The number of carbonyl (C=O) groups excluding carboxylic acids is 2. The number of hydrazone groups is 2. The third kappa shape index (κ3) is 8.81. The van der Waals surface area contributed by atoms with E-state index in [0.717, 1.165) is 33.7 Å². The van der Waals surface area contributed by atoms with Crippen LogP contribution in [0.5, 0.6) is 0 Å². The topological polar surface area (TPSA) is 82.9 Å². The summed E-state index contributed by atoms with van der Waals surface area (Å²) in [4.78, 5) is 24.4. The molecule has 0 saturated carbocycles. The van der Waals surface area contributed by atoms with Crippen molar-refractivity contribution in [2.24, 2.45) is 10.2 Å². The smallest absolute Gasteiger partial charge is 0.267 e. The Labute approximate surface area is 268 Å². The molecule has 0 aliphatic rings. The Morgan fingerprint density at radius 2 is 0.500 bits per heavy atom. The normalized spacial score (nSPS) is 9.91. The highest BCUT2D eigenvalue weighted by Gasteiger charge is 2.10. The van der Waals surface area contributed by atoms with E-state index in [1.807, 2.05) is 158 Å². The minimum absolute atomic E-state index is 0.227. The second kappa shape index (κ2) is 16.4. The van der Waals surface area contributed by atoms with Crippen molar-refractivity contribution < 1.29 is 9.59 Å². The van der Waals surface area contributed by atoms with Gasteiger partial charge in [0.05, 0.1) is 11.4 Å². The molecule has 0 saturated heterocycles. The van der Waals surface area contributed by atoms with Gasteiger partial charge in [-0.15, -0.1) is 0 Å². The van der Waals surface area contributed by atoms with Crippen LogP contribution in [0.15, 0.2) is 192 Å².